The van der Waals surface area contributed by atoms with Crippen molar-refractivity contribution in [3.8, 4) is 44.5 Å². The third-order valence-corrected chi connectivity index (χ3v) is 10.9. The van der Waals surface area contributed by atoms with Crippen LogP contribution in [0.3, 0.4) is 0 Å². The van der Waals surface area contributed by atoms with Crippen molar-refractivity contribution in [3.05, 3.63) is 169 Å². The van der Waals surface area contributed by atoms with Crippen LogP contribution in [0.15, 0.2) is 158 Å². The maximum Gasteiger partial charge on any atom is 0.116 e. The fraction of sp³-hybridized carbons (Fsp3) is 0.0638. The van der Waals surface area contributed by atoms with E-state index < -0.39 is 5.60 Å². The number of fused-ring (bicyclic) bond motifs is 4. The number of hydrogen-bond acceptors (Lipinski definition) is 1. The predicted octanol–water partition coefficient (Wildman–Crippen LogP) is 12.6. The van der Waals surface area contributed by atoms with Gasteiger partial charge in [-0.2, -0.15) is 0 Å². The molecule has 0 radical (unpaired) electrons. The Morgan fingerprint density at radius 2 is 0.875 bits per heavy atom. The van der Waals surface area contributed by atoms with Crippen LogP contribution in [0.1, 0.15) is 18.1 Å². The van der Waals surface area contributed by atoms with Gasteiger partial charge in [-0.1, -0.05) is 152 Å². The van der Waals surface area contributed by atoms with E-state index in [-0.39, 0.29) is 0 Å². The highest BCUT2D eigenvalue weighted by Crippen LogP contribution is 2.51. The fourth-order valence-corrected chi connectivity index (χ4v) is 8.45. The summed E-state index contributed by atoms with van der Waals surface area (Å²) in [5.74, 6) is 0. The Bertz CT molecular complexity index is 2710. The normalized spacial score (nSPS) is 15.5. The van der Waals surface area contributed by atoms with E-state index >= 15 is 0 Å². The number of hydrogen-bond donors (Lipinski definition) is 0. The largest absolute Gasteiger partial charge is 0.369 e. The summed E-state index contributed by atoms with van der Waals surface area (Å²) >= 11 is 0. The van der Waals surface area contributed by atoms with Crippen molar-refractivity contribution in [1.82, 2.24) is 0 Å². The summed E-state index contributed by atoms with van der Waals surface area (Å²) in [6.07, 6.45) is 0. The Labute approximate surface area is 280 Å². The Morgan fingerprint density at radius 1 is 0.375 bits per heavy atom. The van der Waals surface area contributed by atoms with Gasteiger partial charge in [0.15, 0.2) is 0 Å². The zero-order valence-corrected chi connectivity index (χ0v) is 26.9. The number of benzene rings is 9. The van der Waals surface area contributed by atoms with Gasteiger partial charge in [0, 0.05) is 7.11 Å². The molecule has 0 aromatic heterocycles. The predicted molar refractivity (Wildman–Crippen MR) is 203 cm³/mol. The van der Waals surface area contributed by atoms with Crippen molar-refractivity contribution in [2.75, 3.05) is 7.11 Å². The van der Waals surface area contributed by atoms with E-state index in [4.69, 9.17) is 4.74 Å². The smallest absolute Gasteiger partial charge is 0.116 e. The minimum atomic E-state index is -0.482. The SMILES string of the molecule is COC1(C)c2ccccc2-c2ccc(-c3ccc4ccc5c(-c6ccc(-c7cccc8ccccc78)cc6)ccc6ccc3c4c65)cc21. The molecule has 10 rings (SSSR count). The highest BCUT2D eigenvalue weighted by atomic mass is 16.5. The fourth-order valence-electron chi connectivity index (χ4n) is 8.45. The standard InChI is InChI=1S/C47H32O/c1-47(48-2)43-13-6-5-11-39(43)40-25-22-34(28-44(40)47)38-24-19-33-20-26-41-37(23-18-32-21-27-42(38)46(33)45(32)41)31-16-14-30(15-17-31)36-12-7-9-29-8-3-4-10-35(29)36/h3-28H,1-2H3. The molecule has 48 heavy (non-hydrogen) atoms. The van der Waals surface area contributed by atoms with E-state index in [9.17, 15) is 0 Å². The summed E-state index contributed by atoms with van der Waals surface area (Å²) in [4.78, 5) is 0. The molecule has 0 amide bonds. The topological polar surface area (TPSA) is 9.23 Å². The minimum absolute atomic E-state index is 0.482. The van der Waals surface area contributed by atoms with E-state index in [1.165, 1.54) is 98.7 Å². The zero-order chi connectivity index (χ0) is 32.0. The quantitative estimate of drug-likeness (QED) is 0.180. The summed E-state index contributed by atoms with van der Waals surface area (Å²) in [5, 5.41) is 10.3. The molecule has 0 saturated carbocycles. The van der Waals surface area contributed by atoms with E-state index in [1.54, 1.807) is 0 Å². The highest BCUT2D eigenvalue weighted by Gasteiger charge is 2.39. The molecule has 0 N–H and O–H groups in total. The average Bonchev–Trinajstić information content (AvgIpc) is 3.41. The summed E-state index contributed by atoms with van der Waals surface area (Å²) in [6, 6.07) is 58.2. The van der Waals surface area contributed by atoms with Crippen molar-refractivity contribution in [1.29, 1.82) is 0 Å². The first-order valence-corrected chi connectivity index (χ1v) is 16.7. The van der Waals surface area contributed by atoms with Crippen LogP contribution in [0.2, 0.25) is 0 Å². The molecule has 1 heteroatoms. The van der Waals surface area contributed by atoms with Crippen molar-refractivity contribution in [2.45, 2.75) is 12.5 Å². The van der Waals surface area contributed by atoms with Gasteiger partial charge in [-0.25, -0.2) is 0 Å². The summed E-state index contributed by atoms with van der Waals surface area (Å²) in [5.41, 5.74) is 12.0. The molecule has 1 aliphatic rings. The third-order valence-electron chi connectivity index (χ3n) is 10.9. The van der Waals surface area contributed by atoms with Gasteiger partial charge in [-0.15, -0.1) is 0 Å². The molecule has 0 bridgehead atoms. The molecule has 1 aliphatic carbocycles. The van der Waals surface area contributed by atoms with Crippen LogP contribution in [0.5, 0.6) is 0 Å². The van der Waals surface area contributed by atoms with Crippen LogP contribution in [0.4, 0.5) is 0 Å². The minimum Gasteiger partial charge on any atom is -0.369 e. The van der Waals surface area contributed by atoms with Gasteiger partial charge in [0.1, 0.15) is 5.60 Å². The number of rotatable bonds is 4. The monoisotopic (exact) mass is 612 g/mol. The molecule has 1 atom stereocenters. The molecule has 226 valence electrons. The summed E-state index contributed by atoms with van der Waals surface area (Å²) < 4.78 is 6.23. The summed E-state index contributed by atoms with van der Waals surface area (Å²) in [7, 11) is 1.82. The van der Waals surface area contributed by atoms with Gasteiger partial charge in [0.25, 0.3) is 0 Å². The third kappa shape index (κ3) is 3.77. The second-order valence-corrected chi connectivity index (χ2v) is 13.3. The van der Waals surface area contributed by atoms with Crippen LogP contribution in [-0.2, 0) is 10.3 Å². The molecule has 0 fully saturated rings. The van der Waals surface area contributed by atoms with E-state index in [2.05, 4.69) is 165 Å². The van der Waals surface area contributed by atoms with E-state index in [0.717, 1.165) is 0 Å². The molecule has 0 spiro atoms. The molecule has 0 aliphatic heterocycles. The van der Waals surface area contributed by atoms with Gasteiger partial charge < -0.3 is 4.74 Å². The van der Waals surface area contributed by atoms with Gasteiger partial charge >= 0.3 is 0 Å². The van der Waals surface area contributed by atoms with Crippen molar-refractivity contribution >= 4 is 43.1 Å². The van der Waals surface area contributed by atoms with Crippen molar-refractivity contribution in [2.24, 2.45) is 0 Å². The Balaban J connectivity index is 1.12. The lowest BCUT2D eigenvalue weighted by Gasteiger charge is -2.26. The number of ether oxygens (including phenoxy) is 1. The average molecular weight is 613 g/mol. The van der Waals surface area contributed by atoms with Crippen LogP contribution >= 0.6 is 0 Å². The second kappa shape index (κ2) is 10.1. The maximum atomic E-state index is 6.23. The van der Waals surface area contributed by atoms with Gasteiger partial charge in [-0.05, 0) is 112 Å². The maximum absolute atomic E-state index is 6.23. The van der Waals surface area contributed by atoms with Crippen molar-refractivity contribution in [3.63, 3.8) is 0 Å². The van der Waals surface area contributed by atoms with Crippen LogP contribution < -0.4 is 0 Å². The molecule has 9 aromatic rings. The first-order chi connectivity index (χ1) is 23.6. The Morgan fingerprint density at radius 3 is 1.58 bits per heavy atom. The highest BCUT2D eigenvalue weighted by molar-refractivity contribution is 6.27. The first-order valence-electron chi connectivity index (χ1n) is 16.7. The van der Waals surface area contributed by atoms with Gasteiger partial charge in [-0.3, -0.25) is 0 Å². The molecule has 1 nitrogen and oxygen atoms in total. The lowest BCUT2D eigenvalue weighted by Crippen LogP contribution is -2.22. The Kier molecular flexibility index (Phi) is 5.77. The van der Waals surface area contributed by atoms with Crippen LogP contribution in [0.25, 0.3) is 87.6 Å². The summed E-state index contributed by atoms with van der Waals surface area (Å²) in [6.45, 7) is 2.20. The van der Waals surface area contributed by atoms with Crippen molar-refractivity contribution < 1.29 is 4.74 Å². The van der Waals surface area contributed by atoms with E-state index in [1.807, 2.05) is 7.11 Å². The lowest BCUT2D eigenvalue weighted by molar-refractivity contribution is 0.0431. The number of methoxy groups -OCH3 is 1. The second-order valence-electron chi connectivity index (χ2n) is 13.3. The Hall–Kier alpha value is -5.76. The molecule has 1 unspecified atom stereocenters. The molecular weight excluding hydrogens is 581 g/mol. The molecule has 9 aromatic carbocycles. The van der Waals surface area contributed by atoms with Gasteiger partial charge in [0.2, 0.25) is 0 Å². The van der Waals surface area contributed by atoms with E-state index in [0.29, 0.717) is 0 Å². The molecular formula is C47H32O. The van der Waals surface area contributed by atoms with Gasteiger partial charge in [0.05, 0.1) is 0 Å². The molecule has 0 heterocycles. The molecule has 0 saturated heterocycles. The zero-order valence-electron chi connectivity index (χ0n) is 26.9. The first kappa shape index (κ1) is 27.4. The lowest BCUT2D eigenvalue weighted by atomic mass is 9.86. The van der Waals surface area contributed by atoms with Crippen LogP contribution in [0, 0.1) is 0 Å². The van der Waals surface area contributed by atoms with Crippen LogP contribution in [-0.4, -0.2) is 7.11 Å².